The van der Waals surface area contributed by atoms with Gasteiger partial charge in [-0.05, 0) is 45.1 Å². The van der Waals surface area contributed by atoms with Gasteiger partial charge >= 0.3 is 12.1 Å². The molecule has 326 valence electrons. The SMILES string of the molecule is CCCCOC[C@H]1OC(C(F)(F)CC(NC(=O)OCc2ccccc2)C(=O)N[C@@H](C)C(=O)N[C@@H](C)C(=O)OCCCC)[C@H](OC)[C@@H](OCCCC)[C@H]1OCCCC. The van der Waals surface area contributed by atoms with Crippen molar-refractivity contribution in [1.29, 1.82) is 0 Å². The number of nitrogens with one attached hydrogen (secondary N) is 3. The summed E-state index contributed by atoms with van der Waals surface area (Å²) >= 11 is 0. The number of benzene rings is 1. The number of esters is 1. The summed E-state index contributed by atoms with van der Waals surface area (Å²) in [6, 6.07) is 4.40. The Kier molecular flexibility index (Phi) is 23.8. The highest BCUT2D eigenvalue weighted by molar-refractivity contribution is 5.92. The third-order valence-corrected chi connectivity index (χ3v) is 9.37. The van der Waals surface area contributed by atoms with Gasteiger partial charge in [0, 0.05) is 33.4 Å². The van der Waals surface area contributed by atoms with Crippen LogP contribution < -0.4 is 16.0 Å². The van der Waals surface area contributed by atoms with E-state index in [9.17, 15) is 19.2 Å². The van der Waals surface area contributed by atoms with Crippen LogP contribution in [0.5, 0.6) is 0 Å². The molecule has 1 heterocycles. The minimum atomic E-state index is -3.85. The Morgan fingerprint density at radius 3 is 1.93 bits per heavy atom. The standard InChI is InChI=1S/C41H67F2N3O11/c1-8-12-21-52-27-32-33(53-22-13-9-2)34(54-23-14-10-3)35(51-7)36(57-32)41(42,43)25-31(46-40(50)56-26-30-19-17-16-18-20-30)38(48)44-28(5)37(47)45-29(6)39(49)55-24-15-11-4/h16-20,28-29,31-36H,8-15,21-27H2,1-7H3,(H,44,48)(H,45,47)(H,46,50)/t28-,29-,31?,32+,33-,34-,35+,36?/m0/s1. The summed E-state index contributed by atoms with van der Waals surface area (Å²) in [5.74, 6) is -6.39. The second kappa shape index (κ2) is 27.3. The molecule has 0 radical (unpaired) electrons. The van der Waals surface area contributed by atoms with E-state index >= 15 is 8.78 Å². The number of unbranched alkanes of at least 4 members (excludes halogenated alkanes) is 4. The number of halogens is 2. The fraction of sp³-hybridized carbons (Fsp3) is 0.756. The molecule has 0 saturated carbocycles. The van der Waals surface area contributed by atoms with E-state index < -0.39 is 84.9 Å². The molecule has 14 nitrogen and oxygen atoms in total. The molecule has 1 aliphatic rings. The predicted molar refractivity (Wildman–Crippen MR) is 209 cm³/mol. The molecule has 2 unspecified atom stereocenters. The van der Waals surface area contributed by atoms with Crippen LogP contribution in [0.15, 0.2) is 30.3 Å². The van der Waals surface area contributed by atoms with Crippen LogP contribution >= 0.6 is 0 Å². The monoisotopic (exact) mass is 815 g/mol. The van der Waals surface area contributed by atoms with E-state index in [1.54, 1.807) is 30.3 Å². The zero-order valence-corrected chi connectivity index (χ0v) is 34.9. The van der Waals surface area contributed by atoms with Crippen LogP contribution in [0, 0.1) is 0 Å². The van der Waals surface area contributed by atoms with Crippen molar-refractivity contribution in [2.75, 3.05) is 40.1 Å². The first-order valence-electron chi connectivity index (χ1n) is 20.4. The highest BCUT2D eigenvalue weighted by Gasteiger charge is 2.58. The minimum Gasteiger partial charge on any atom is -0.464 e. The van der Waals surface area contributed by atoms with Crippen LogP contribution in [0.3, 0.4) is 0 Å². The van der Waals surface area contributed by atoms with Crippen LogP contribution in [0.1, 0.15) is 105 Å². The summed E-state index contributed by atoms with van der Waals surface area (Å²) in [4.78, 5) is 52.1. The second-order valence-corrected chi connectivity index (χ2v) is 14.3. The van der Waals surface area contributed by atoms with E-state index in [1.165, 1.54) is 21.0 Å². The third kappa shape index (κ3) is 17.5. The molecule has 3 amide bonds. The van der Waals surface area contributed by atoms with E-state index in [0.29, 0.717) is 31.6 Å². The van der Waals surface area contributed by atoms with Gasteiger partial charge < -0.3 is 49.1 Å². The molecule has 1 aromatic rings. The summed E-state index contributed by atoms with van der Waals surface area (Å²) in [6.45, 7) is 11.6. The number of rotatable bonds is 28. The fourth-order valence-corrected chi connectivity index (χ4v) is 5.93. The predicted octanol–water partition coefficient (Wildman–Crippen LogP) is 5.63. The van der Waals surface area contributed by atoms with Crippen molar-refractivity contribution < 1.29 is 61.1 Å². The van der Waals surface area contributed by atoms with Crippen molar-refractivity contribution in [2.24, 2.45) is 0 Å². The largest absolute Gasteiger partial charge is 0.464 e. The van der Waals surface area contributed by atoms with Gasteiger partial charge in [0.25, 0.3) is 5.92 Å². The second-order valence-electron chi connectivity index (χ2n) is 14.3. The molecule has 3 N–H and O–H groups in total. The highest BCUT2D eigenvalue weighted by Crippen LogP contribution is 2.39. The molecule has 0 bridgehead atoms. The van der Waals surface area contributed by atoms with E-state index in [0.717, 1.165) is 38.5 Å². The number of alkyl halides is 2. The van der Waals surface area contributed by atoms with Crippen molar-refractivity contribution in [3.63, 3.8) is 0 Å². The van der Waals surface area contributed by atoms with Crippen LogP contribution in [0.4, 0.5) is 13.6 Å². The zero-order chi connectivity index (χ0) is 42.2. The van der Waals surface area contributed by atoms with Gasteiger partial charge in [-0.3, -0.25) is 9.59 Å². The van der Waals surface area contributed by atoms with Crippen molar-refractivity contribution in [2.45, 2.75) is 161 Å². The molecule has 57 heavy (non-hydrogen) atoms. The third-order valence-electron chi connectivity index (χ3n) is 9.37. The Balaban J connectivity index is 2.40. The fourth-order valence-electron chi connectivity index (χ4n) is 5.93. The van der Waals surface area contributed by atoms with Crippen LogP contribution in [0.2, 0.25) is 0 Å². The van der Waals surface area contributed by atoms with E-state index in [4.69, 9.17) is 33.2 Å². The Hall–Kier alpha value is -3.44. The van der Waals surface area contributed by atoms with E-state index in [2.05, 4.69) is 16.0 Å². The lowest BCUT2D eigenvalue weighted by molar-refractivity contribution is -0.302. The minimum absolute atomic E-state index is 0.0569. The average molecular weight is 816 g/mol. The molecule has 2 rings (SSSR count). The number of alkyl carbamates (subject to hydrolysis) is 1. The number of carbonyl (C=O) groups is 4. The first kappa shape index (κ1) is 49.7. The summed E-state index contributed by atoms with van der Waals surface area (Å²) in [6.07, 6.45) is -2.41. The summed E-state index contributed by atoms with van der Waals surface area (Å²) in [7, 11) is 1.28. The topological polar surface area (TPSA) is 169 Å². The van der Waals surface area contributed by atoms with E-state index in [1.807, 2.05) is 27.7 Å². The van der Waals surface area contributed by atoms with Crippen molar-refractivity contribution in [1.82, 2.24) is 16.0 Å². The Morgan fingerprint density at radius 2 is 1.32 bits per heavy atom. The van der Waals surface area contributed by atoms with Gasteiger partial charge in [0.05, 0.1) is 13.2 Å². The lowest BCUT2D eigenvalue weighted by Crippen LogP contribution is -2.66. The molecule has 0 aliphatic carbocycles. The molecule has 16 heteroatoms. The molecule has 8 atom stereocenters. The summed E-state index contributed by atoms with van der Waals surface area (Å²) < 4.78 is 74.4. The Labute approximate surface area is 337 Å². The normalized spacial score (nSPS) is 21.2. The van der Waals surface area contributed by atoms with Gasteiger partial charge in [-0.15, -0.1) is 0 Å². The van der Waals surface area contributed by atoms with E-state index in [-0.39, 0.29) is 26.4 Å². The number of amides is 3. The van der Waals surface area contributed by atoms with Gasteiger partial charge in [0.1, 0.15) is 49.1 Å². The number of carbonyl (C=O) groups excluding carboxylic acids is 4. The van der Waals surface area contributed by atoms with Crippen molar-refractivity contribution in [3.8, 4) is 0 Å². The Bertz CT molecular complexity index is 1310. The number of hydrogen-bond acceptors (Lipinski definition) is 11. The van der Waals surface area contributed by atoms with Crippen molar-refractivity contribution >= 4 is 23.9 Å². The van der Waals surface area contributed by atoms with Gasteiger partial charge in [0.15, 0.2) is 6.10 Å². The lowest BCUT2D eigenvalue weighted by Gasteiger charge is -2.48. The number of methoxy groups -OCH3 is 1. The van der Waals surface area contributed by atoms with Gasteiger partial charge in [-0.2, -0.15) is 0 Å². The molecule has 1 aromatic carbocycles. The molecular formula is C41H67F2N3O11. The first-order chi connectivity index (χ1) is 27.3. The molecule has 1 aliphatic heterocycles. The smallest absolute Gasteiger partial charge is 0.408 e. The average Bonchev–Trinajstić information content (AvgIpc) is 3.19. The van der Waals surface area contributed by atoms with Crippen molar-refractivity contribution in [3.05, 3.63) is 35.9 Å². The van der Waals surface area contributed by atoms with Gasteiger partial charge in [-0.25, -0.2) is 18.4 Å². The first-order valence-corrected chi connectivity index (χ1v) is 20.4. The molecule has 0 aromatic heterocycles. The maximum atomic E-state index is 16.9. The quantitative estimate of drug-likeness (QED) is 0.0709. The lowest BCUT2D eigenvalue weighted by atomic mass is 9.88. The number of hydrogen-bond donors (Lipinski definition) is 3. The molecule has 1 saturated heterocycles. The zero-order valence-electron chi connectivity index (χ0n) is 34.9. The maximum absolute atomic E-state index is 16.9. The maximum Gasteiger partial charge on any atom is 0.408 e. The van der Waals surface area contributed by atoms with Gasteiger partial charge in [0.2, 0.25) is 11.8 Å². The molecular weight excluding hydrogens is 748 g/mol. The Morgan fingerprint density at radius 1 is 0.737 bits per heavy atom. The number of ether oxygens (including phenoxy) is 7. The molecule has 0 spiro atoms. The van der Waals surface area contributed by atoms with Crippen LogP contribution in [-0.4, -0.2) is 119 Å². The summed E-state index contributed by atoms with van der Waals surface area (Å²) in [5.41, 5.74) is 0.627. The molecule has 1 fully saturated rings. The van der Waals surface area contributed by atoms with Gasteiger partial charge in [-0.1, -0.05) is 83.7 Å². The van der Waals surface area contributed by atoms with Crippen LogP contribution in [0.25, 0.3) is 0 Å². The van der Waals surface area contributed by atoms with Crippen LogP contribution in [-0.2, 0) is 54.1 Å². The highest BCUT2D eigenvalue weighted by atomic mass is 19.3. The summed E-state index contributed by atoms with van der Waals surface area (Å²) in [5, 5.41) is 7.12.